The lowest BCUT2D eigenvalue weighted by Gasteiger charge is -2.29. The van der Waals surface area contributed by atoms with Gasteiger partial charge in [0.25, 0.3) is 5.91 Å². The van der Waals surface area contributed by atoms with Crippen LogP contribution in [-0.2, 0) is 16.0 Å². The average Bonchev–Trinajstić information content (AvgIpc) is 2.65. The lowest BCUT2D eigenvalue weighted by atomic mass is 10.0. The first-order valence-electron chi connectivity index (χ1n) is 8.71. The Morgan fingerprint density at radius 2 is 1.80 bits per heavy atom. The van der Waals surface area contributed by atoms with Crippen LogP contribution < -0.4 is 4.90 Å². The van der Waals surface area contributed by atoms with Gasteiger partial charge in [-0.25, -0.2) is 4.79 Å². The molecule has 0 fully saturated rings. The molecule has 130 valence electrons. The fourth-order valence-corrected chi connectivity index (χ4v) is 3.09. The van der Waals surface area contributed by atoms with Crippen molar-refractivity contribution in [3.63, 3.8) is 0 Å². The SMILES string of the molecule is CC(C)c1ccc(C(=O)OCC(=O)N2CCCc3ccccc32)cc1. The largest absolute Gasteiger partial charge is 0.452 e. The van der Waals surface area contributed by atoms with Crippen LogP contribution in [0.5, 0.6) is 0 Å². The third-order valence-electron chi connectivity index (χ3n) is 4.55. The van der Waals surface area contributed by atoms with Crippen molar-refractivity contribution < 1.29 is 14.3 Å². The summed E-state index contributed by atoms with van der Waals surface area (Å²) >= 11 is 0. The van der Waals surface area contributed by atoms with Crippen LogP contribution in [0.1, 0.15) is 47.7 Å². The minimum absolute atomic E-state index is 0.181. The molecule has 0 spiro atoms. The number of hydrogen-bond acceptors (Lipinski definition) is 3. The number of fused-ring (bicyclic) bond motifs is 1. The summed E-state index contributed by atoms with van der Waals surface area (Å²) in [5.74, 6) is -0.237. The summed E-state index contributed by atoms with van der Waals surface area (Å²) in [6, 6.07) is 15.2. The smallest absolute Gasteiger partial charge is 0.338 e. The Morgan fingerprint density at radius 1 is 1.08 bits per heavy atom. The van der Waals surface area contributed by atoms with Crippen LogP contribution in [0, 0.1) is 0 Å². The number of ether oxygens (including phenoxy) is 1. The second-order valence-electron chi connectivity index (χ2n) is 6.63. The van der Waals surface area contributed by atoms with Crippen molar-refractivity contribution in [2.75, 3.05) is 18.1 Å². The zero-order valence-electron chi connectivity index (χ0n) is 14.7. The molecule has 1 amide bonds. The van der Waals surface area contributed by atoms with Crippen LogP contribution in [0.4, 0.5) is 5.69 Å². The second-order valence-corrected chi connectivity index (χ2v) is 6.63. The Kier molecular flexibility index (Phi) is 5.17. The summed E-state index contributed by atoms with van der Waals surface area (Å²) in [7, 11) is 0. The quantitative estimate of drug-likeness (QED) is 0.794. The molecule has 2 aromatic rings. The molecule has 1 heterocycles. The minimum atomic E-state index is -0.464. The Morgan fingerprint density at radius 3 is 2.52 bits per heavy atom. The van der Waals surface area contributed by atoms with E-state index in [1.807, 2.05) is 36.4 Å². The Balaban J connectivity index is 1.62. The zero-order chi connectivity index (χ0) is 17.8. The highest BCUT2D eigenvalue weighted by atomic mass is 16.5. The highest BCUT2D eigenvalue weighted by Gasteiger charge is 2.23. The first-order valence-corrected chi connectivity index (χ1v) is 8.71. The van der Waals surface area contributed by atoms with Crippen molar-refractivity contribution in [2.24, 2.45) is 0 Å². The second kappa shape index (κ2) is 7.51. The molecule has 0 atom stereocenters. The van der Waals surface area contributed by atoms with E-state index in [1.165, 1.54) is 0 Å². The molecule has 0 unspecified atom stereocenters. The van der Waals surface area contributed by atoms with Crippen LogP contribution in [0.15, 0.2) is 48.5 Å². The van der Waals surface area contributed by atoms with Crippen LogP contribution in [-0.4, -0.2) is 25.0 Å². The van der Waals surface area contributed by atoms with Gasteiger partial charge in [0.2, 0.25) is 0 Å². The molecule has 0 aliphatic carbocycles. The zero-order valence-corrected chi connectivity index (χ0v) is 14.7. The monoisotopic (exact) mass is 337 g/mol. The van der Waals surface area contributed by atoms with Gasteiger partial charge >= 0.3 is 5.97 Å². The molecule has 0 aromatic heterocycles. The first-order chi connectivity index (χ1) is 12.1. The third kappa shape index (κ3) is 3.90. The Bertz CT molecular complexity index is 765. The summed E-state index contributed by atoms with van der Waals surface area (Å²) in [5.41, 5.74) is 3.72. The molecule has 0 bridgehead atoms. The molecular formula is C21H23NO3. The predicted molar refractivity (Wildman–Crippen MR) is 97.9 cm³/mol. The van der Waals surface area contributed by atoms with E-state index in [4.69, 9.17) is 4.74 Å². The fourth-order valence-electron chi connectivity index (χ4n) is 3.09. The summed E-state index contributed by atoms with van der Waals surface area (Å²) in [6.07, 6.45) is 1.90. The van der Waals surface area contributed by atoms with Crippen LogP contribution in [0.25, 0.3) is 0 Å². The summed E-state index contributed by atoms with van der Waals surface area (Å²) in [5, 5.41) is 0. The average molecular weight is 337 g/mol. The molecule has 4 heteroatoms. The molecule has 0 radical (unpaired) electrons. The highest BCUT2D eigenvalue weighted by Crippen LogP contribution is 2.26. The molecule has 1 aliphatic rings. The maximum absolute atomic E-state index is 12.5. The van der Waals surface area contributed by atoms with Crippen molar-refractivity contribution in [3.05, 3.63) is 65.2 Å². The van der Waals surface area contributed by atoms with E-state index >= 15 is 0 Å². The van der Waals surface area contributed by atoms with E-state index in [0.717, 1.165) is 29.7 Å². The fraction of sp³-hybridized carbons (Fsp3) is 0.333. The lowest BCUT2D eigenvalue weighted by Crippen LogP contribution is -2.38. The van der Waals surface area contributed by atoms with Crippen molar-refractivity contribution in [3.8, 4) is 0 Å². The number of anilines is 1. The van der Waals surface area contributed by atoms with Crippen molar-refractivity contribution >= 4 is 17.6 Å². The van der Waals surface area contributed by atoms with Gasteiger partial charge in [-0.3, -0.25) is 4.79 Å². The first kappa shape index (κ1) is 17.2. The number of aryl methyl sites for hydroxylation is 1. The normalized spacial score (nSPS) is 13.5. The number of para-hydroxylation sites is 1. The van der Waals surface area contributed by atoms with Crippen LogP contribution in [0.3, 0.4) is 0 Å². The predicted octanol–water partition coefficient (Wildman–Crippen LogP) is 3.95. The Hall–Kier alpha value is -2.62. The van der Waals surface area contributed by atoms with E-state index < -0.39 is 5.97 Å². The minimum Gasteiger partial charge on any atom is -0.452 e. The maximum atomic E-state index is 12.5. The lowest BCUT2D eigenvalue weighted by molar-refractivity contribution is -0.121. The Labute approximate surface area is 148 Å². The number of amides is 1. The van der Waals surface area contributed by atoms with Gasteiger partial charge in [0.15, 0.2) is 6.61 Å². The number of hydrogen-bond donors (Lipinski definition) is 0. The maximum Gasteiger partial charge on any atom is 0.338 e. The molecule has 3 rings (SSSR count). The summed E-state index contributed by atoms with van der Waals surface area (Å²) < 4.78 is 5.23. The van der Waals surface area contributed by atoms with E-state index in [9.17, 15) is 9.59 Å². The van der Waals surface area contributed by atoms with E-state index in [0.29, 0.717) is 18.0 Å². The molecule has 1 aliphatic heterocycles. The summed E-state index contributed by atoms with van der Waals surface area (Å²) in [4.78, 5) is 26.4. The number of rotatable bonds is 4. The number of carbonyl (C=O) groups is 2. The molecule has 0 N–H and O–H groups in total. The highest BCUT2D eigenvalue weighted by molar-refractivity contribution is 5.97. The van der Waals surface area contributed by atoms with Gasteiger partial charge in [-0.2, -0.15) is 0 Å². The number of nitrogens with zero attached hydrogens (tertiary/aromatic N) is 1. The van der Waals surface area contributed by atoms with E-state index in [1.54, 1.807) is 17.0 Å². The number of benzene rings is 2. The van der Waals surface area contributed by atoms with Crippen LogP contribution in [0.2, 0.25) is 0 Å². The van der Waals surface area contributed by atoms with Gasteiger partial charge in [0, 0.05) is 12.2 Å². The molecular weight excluding hydrogens is 314 g/mol. The van der Waals surface area contributed by atoms with E-state index in [-0.39, 0.29) is 12.5 Å². The van der Waals surface area contributed by atoms with Gasteiger partial charge < -0.3 is 9.64 Å². The van der Waals surface area contributed by atoms with Crippen molar-refractivity contribution in [1.82, 2.24) is 0 Å². The third-order valence-corrected chi connectivity index (χ3v) is 4.55. The van der Waals surface area contributed by atoms with Crippen molar-refractivity contribution in [2.45, 2.75) is 32.6 Å². The molecule has 2 aromatic carbocycles. The van der Waals surface area contributed by atoms with E-state index in [2.05, 4.69) is 13.8 Å². The number of carbonyl (C=O) groups excluding carboxylic acids is 2. The molecule has 4 nitrogen and oxygen atoms in total. The molecule has 25 heavy (non-hydrogen) atoms. The van der Waals surface area contributed by atoms with Gasteiger partial charge in [-0.1, -0.05) is 44.2 Å². The molecule has 0 saturated carbocycles. The standard InChI is InChI=1S/C21H23NO3/c1-15(2)16-9-11-18(12-10-16)21(24)25-14-20(23)22-13-5-7-17-6-3-4-8-19(17)22/h3-4,6,8-12,15H,5,7,13-14H2,1-2H3. The topological polar surface area (TPSA) is 46.6 Å². The van der Waals surface area contributed by atoms with Gasteiger partial charge in [-0.15, -0.1) is 0 Å². The van der Waals surface area contributed by atoms with Crippen molar-refractivity contribution in [1.29, 1.82) is 0 Å². The number of esters is 1. The van der Waals surface area contributed by atoms with Gasteiger partial charge in [0.1, 0.15) is 0 Å². The van der Waals surface area contributed by atoms with Crippen LogP contribution >= 0.6 is 0 Å². The molecule has 0 saturated heterocycles. The van der Waals surface area contributed by atoms with Gasteiger partial charge in [-0.05, 0) is 48.1 Å². The summed E-state index contributed by atoms with van der Waals surface area (Å²) in [6.45, 7) is 4.63. The van der Waals surface area contributed by atoms with Gasteiger partial charge in [0.05, 0.1) is 5.56 Å².